The molecule has 6 nitrogen and oxygen atoms in total. The van der Waals surface area contributed by atoms with Crippen LogP contribution in [0, 0.1) is 6.92 Å². The van der Waals surface area contributed by atoms with E-state index in [1.807, 2.05) is 0 Å². The summed E-state index contributed by atoms with van der Waals surface area (Å²) in [5.74, 6) is -0.441. The summed E-state index contributed by atoms with van der Waals surface area (Å²) in [6.45, 7) is 1.69. The summed E-state index contributed by atoms with van der Waals surface area (Å²) >= 11 is 11.9. The Morgan fingerprint density at radius 3 is 2.33 bits per heavy atom. The van der Waals surface area contributed by atoms with E-state index in [0.29, 0.717) is 11.3 Å². The second-order valence-electron chi connectivity index (χ2n) is 5.45. The van der Waals surface area contributed by atoms with Crippen molar-refractivity contribution in [2.24, 2.45) is 7.05 Å². The standard InChI is InChI=1S/C15H17Cl2N3O3S/c1-9-5-6-10(7-13(9)24(22,23)19(2)3)18-15(21)12-8-11(16)14(17)20(12)4/h5-8H,1-4H3,(H,18,21). The highest BCUT2D eigenvalue weighted by Crippen LogP contribution is 2.27. The maximum Gasteiger partial charge on any atom is 0.272 e. The van der Waals surface area contributed by atoms with Gasteiger partial charge in [0.15, 0.2) is 0 Å². The van der Waals surface area contributed by atoms with E-state index in [2.05, 4.69) is 5.32 Å². The van der Waals surface area contributed by atoms with Gasteiger partial charge in [-0.15, -0.1) is 0 Å². The Morgan fingerprint density at radius 1 is 1.21 bits per heavy atom. The Balaban J connectivity index is 2.38. The first kappa shape index (κ1) is 18.8. The molecule has 24 heavy (non-hydrogen) atoms. The minimum Gasteiger partial charge on any atom is -0.329 e. The zero-order chi connectivity index (χ0) is 18.2. The van der Waals surface area contributed by atoms with Crippen LogP contribution in [-0.4, -0.2) is 37.3 Å². The molecule has 0 spiro atoms. The van der Waals surface area contributed by atoms with E-state index >= 15 is 0 Å². The van der Waals surface area contributed by atoms with Gasteiger partial charge in [-0.1, -0.05) is 29.3 Å². The monoisotopic (exact) mass is 389 g/mol. The normalized spacial score (nSPS) is 11.8. The minimum absolute atomic E-state index is 0.133. The maximum atomic E-state index is 12.4. The number of amides is 1. The van der Waals surface area contributed by atoms with E-state index in [4.69, 9.17) is 23.2 Å². The van der Waals surface area contributed by atoms with Crippen LogP contribution in [-0.2, 0) is 17.1 Å². The molecule has 9 heteroatoms. The predicted octanol–water partition coefficient (Wildman–Crippen LogP) is 3.14. The number of halogens is 2. The van der Waals surface area contributed by atoms with Crippen LogP contribution in [0.2, 0.25) is 10.2 Å². The highest BCUT2D eigenvalue weighted by molar-refractivity contribution is 7.89. The van der Waals surface area contributed by atoms with Crippen molar-refractivity contribution in [3.8, 4) is 0 Å². The van der Waals surface area contributed by atoms with E-state index in [-0.39, 0.29) is 20.8 Å². The Kier molecular flexibility index (Phi) is 5.29. The number of nitrogens with zero attached hydrogens (tertiary/aromatic N) is 2. The molecule has 1 N–H and O–H groups in total. The lowest BCUT2D eigenvalue weighted by Crippen LogP contribution is -2.23. The summed E-state index contributed by atoms with van der Waals surface area (Å²) in [7, 11) is 0.909. The minimum atomic E-state index is -3.61. The Labute approximate surface area is 151 Å². The highest BCUT2D eigenvalue weighted by Gasteiger charge is 2.21. The molecule has 0 fully saturated rings. The van der Waals surface area contributed by atoms with Crippen molar-refractivity contribution < 1.29 is 13.2 Å². The van der Waals surface area contributed by atoms with Crippen molar-refractivity contribution in [1.82, 2.24) is 8.87 Å². The van der Waals surface area contributed by atoms with Crippen LogP contribution in [0.25, 0.3) is 0 Å². The molecule has 0 unspecified atom stereocenters. The van der Waals surface area contributed by atoms with Gasteiger partial charge >= 0.3 is 0 Å². The third kappa shape index (κ3) is 3.44. The molecular formula is C15H17Cl2N3O3S. The molecule has 1 aromatic carbocycles. The van der Waals surface area contributed by atoms with Gasteiger partial charge in [-0.25, -0.2) is 12.7 Å². The lowest BCUT2D eigenvalue weighted by Gasteiger charge is -2.15. The van der Waals surface area contributed by atoms with E-state index in [0.717, 1.165) is 4.31 Å². The number of aryl methyl sites for hydroxylation is 1. The number of anilines is 1. The van der Waals surface area contributed by atoms with E-state index in [9.17, 15) is 13.2 Å². The maximum absolute atomic E-state index is 12.4. The van der Waals surface area contributed by atoms with Gasteiger partial charge in [0.1, 0.15) is 10.8 Å². The number of hydrogen-bond donors (Lipinski definition) is 1. The van der Waals surface area contributed by atoms with Crippen molar-refractivity contribution in [3.05, 3.63) is 45.7 Å². The van der Waals surface area contributed by atoms with Crippen LogP contribution in [0.1, 0.15) is 16.1 Å². The second kappa shape index (κ2) is 6.76. The zero-order valence-corrected chi connectivity index (χ0v) is 15.9. The third-order valence-electron chi connectivity index (χ3n) is 3.55. The summed E-state index contributed by atoms with van der Waals surface area (Å²) < 4.78 is 27.2. The van der Waals surface area contributed by atoms with Crippen molar-refractivity contribution in [2.75, 3.05) is 19.4 Å². The van der Waals surface area contributed by atoms with Gasteiger partial charge in [0.25, 0.3) is 5.91 Å². The smallest absolute Gasteiger partial charge is 0.272 e. The van der Waals surface area contributed by atoms with Crippen LogP contribution in [0.15, 0.2) is 29.2 Å². The Morgan fingerprint density at radius 2 is 1.83 bits per heavy atom. The highest BCUT2D eigenvalue weighted by atomic mass is 35.5. The summed E-state index contributed by atoms with van der Waals surface area (Å²) in [5.41, 5.74) is 1.22. The molecule has 130 valence electrons. The molecule has 2 rings (SSSR count). The largest absolute Gasteiger partial charge is 0.329 e. The third-order valence-corrected chi connectivity index (χ3v) is 6.35. The molecule has 0 saturated heterocycles. The average molecular weight is 390 g/mol. The summed E-state index contributed by atoms with van der Waals surface area (Å²) in [6, 6.07) is 6.14. The average Bonchev–Trinajstić information content (AvgIpc) is 2.76. The number of nitrogens with one attached hydrogen (secondary N) is 1. The van der Waals surface area contributed by atoms with Gasteiger partial charge in [-0.2, -0.15) is 0 Å². The molecule has 0 saturated carbocycles. The number of carbonyl (C=O) groups is 1. The molecule has 1 aromatic heterocycles. The van der Waals surface area contributed by atoms with E-state index in [1.165, 1.54) is 30.8 Å². The summed E-state index contributed by atoms with van der Waals surface area (Å²) in [5, 5.41) is 3.18. The lowest BCUT2D eigenvalue weighted by atomic mass is 10.2. The Hall–Kier alpha value is -1.54. The van der Waals surface area contributed by atoms with Gasteiger partial charge in [-0.05, 0) is 30.7 Å². The Bertz CT molecular complexity index is 905. The van der Waals surface area contributed by atoms with Crippen LogP contribution in [0.4, 0.5) is 5.69 Å². The van der Waals surface area contributed by atoms with Crippen molar-refractivity contribution in [3.63, 3.8) is 0 Å². The number of sulfonamides is 1. The fourth-order valence-corrected chi connectivity index (χ4v) is 3.63. The van der Waals surface area contributed by atoms with Crippen LogP contribution >= 0.6 is 23.2 Å². The van der Waals surface area contributed by atoms with Gasteiger partial charge in [0, 0.05) is 26.8 Å². The molecule has 1 amide bonds. The van der Waals surface area contributed by atoms with Gasteiger partial charge in [0.05, 0.1) is 9.92 Å². The molecule has 1 heterocycles. The van der Waals surface area contributed by atoms with Crippen LogP contribution in [0.5, 0.6) is 0 Å². The fourth-order valence-electron chi connectivity index (χ4n) is 2.11. The fraction of sp³-hybridized carbons (Fsp3) is 0.267. The van der Waals surface area contributed by atoms with Gasteiger partial charge < -0.3 is 9.88 Å². The topological polar surface area (TPSA) is 71.4 Å². The number of rotatable bonds is 4. The van der Waals surface area contributed by atoms with Gasteiger partial charge in [-0.3, -0.25) is 4.79 Å². The summed E-state index contributed by atoms with van der Waals surface area (Å²) in [4.78, 5) is 12.5. The first-order valence-electron chi connectivity index (χ1n) is 6.91. The molecular weight excluding hydrogens is 373 g/mol. The molecule has 0 atom stereocenters. The predicted molar refractivity (Wildman–Crippen MR) is 95.4 cm³/mol. The number of aromatic nitrogens is 1. The first-order valence-corrected chi connectivity index (χ1v) is 9.10. The second-order valence-corrected chi connectivity index (χ2v) is 8.33. The molecule has 2 aromatic rings. The van der Waals surface area contributed by atoms with Crippen LogP contribution in [0.3, 0.4) is 0 Å². The molecule has 0 aliphatic rings. The van der Waals surface area contributed by atoms with Crippen LogP contribution < -0.4 is 5.32 Å². The van der Waals surface area contributed by atoms with Gasteiger partial charge in [0.2, 0.25) is 10.0 Å². The quantitative estimate of drug-likeness (QED) is 0.872. The number of carbonyl (C=O) groups excluding carboxylic acids is 1. The molecule has 0 radical (unpaired) electrons. The number of hydrogen-bond acceptors (Lipinski definition) is 3. The molecule has 0 bridgehead atoms. The molecule has 0 aliphatic carbocycles. The first-order chi connectivity index (χ1) is 11.1. The van der Waals surface area contributed by atoms with E-state index in [1.54, 1.807) is 26.1 Å². The summed E-state index contributed by atoms with van der Waals surface area (Å²) in [6.07, 6.45) is 0. The van der Waals surface area contributed by atoms with Crippen molar-refractivity contribution in [1.29, 1.82) is 0 Å². The molecule has 0 aliphatic heterocycles. The van der Waals surface area contributed by atoms with Crippen molar-refractivity contribution in [2.45, 2.75) is 11.8 Å². The van der Waals surface area contributed by atoms with Crippen molar-refractivity contribution >= 4 is 44.8 Å². The van der Waals surface area contributed by atoms with E-state index < -0.39 is 15.9 Å². The lowest BCUT2D eigenvalue weighted by molar-refractivity contribution is 0.101. The zero-order valence-electron chi connectivity index (χ0n) is 13.6. The SMILES string of the molecule is Cc1ccc(NC(=O)c2cc(Cl)c(Cl)n2C)cc1S(=O)(=O)N(C)C. The number of benzene rings is 1.